The number of carbonyl (C=O) groups is 2. The number of hydrogen-bond donors (Lipinski definition) is 0. The molecule has 0 aromatic rings. The lowest BCUT2D eigenvalue weighted by Gasteiger charge is -2.19. The van der Waals surface area contributed by atoms with Crippen LogP contribution in [0.1, 0.15) is 6.92 Å². The zero-order valence-corrected chi connectivity index (χ0v) is 7.62. The van der Waals surface area contributed by atoms with Crippen molar-refractivity contribution in [1.29, 1.82) is 0 Å². The van der Waals surface area contributed by atoms with Gasteiger partial charge in [-0.1, -0.05) is 22.6 Å². The average molecular weight is 256 g/mol. The first-order chi connectivity index (χ1) is 4.63. The van der Waals surface area contributed by atoms with Crippen molar-refractivity contribution in [2.24, 2.45) is 0 Å². The molecule has 0 saturated heterocycles. The Kier molecular flexibility index (Phi) is 4.33. The number of hydrogen-bond acceptors (Lipinski definition) is 3. The first kappa shape index (κ1) is 9.67. The molecule has 0 rings (SSSR count). The molecule has 0 aliphatic rings. The SMILES string of the molecule is CCN(C(=O)[O-])C(=O)CI. The third-order valence-electron chi connectivity index (χ3n) is 0.952. The summed E-state index contributed by atoms with van der Waals surface area (Å²) in [6, 6.07) is 0. The molecule has 0 bridgehead atoms. The molecule has 0 spiro atoms. The minimum Gasteiger partial charge on any atom is -0.530 e. The second kappa shape index (κ2) is 4.48. The van der Waals surface area contributed by atoms with Crippen LogP contribution in [0.15, 0.2) is 0 Å². The molecular weight excluding hydrogens is 249 g/mol. The maximum Gasteiger partial charge on any atom is 0.237 e. The molecule has 0 radical (unpaired) electrons. The van der Waals surface area contributed by atoms with E-state index in [1.54, 1.807) is 29.5 Å². The van der Waals surface area contributed by atoms with E-state index in [2.05, 4.69) is 0 Å². The van der Waals surface area contributed by atoms with Crippen LogP contribution in [0.25, 0.3) is 0 Å². The predicted molar refractivity (Wildman–Crippen MR) is 41.7 cm³/mol. The number of nitrogens with zero attached hydrogens (tertiary/aromatic N) is 1. The van der Waals surface area contributed by atoms with E-state index in [1.807, 2.05) is 0 Å². The Morgan fingerprint density at radius 2 is 2.10 bits per heavy atom. The third-order valence-corrected chi connectivity index (χ3v) is 1.60. The summed E-state index contributed by atoms with van der Waals surface area (Å²) in [6.07, 6.45) is -1.43. The number of alkyl halides is 1. The number of carbonyl (C=O) groups excluding carboxylic acids is 2. The van der Waals surface area contributed by atoms with E-state index in [0.29, 0.717) is 4.90 Å². The molecule has 10 heavy (non-hydrogen) atoms. The maximum atomic E-state index is 10.7. The van der Waals surface area contributed by atoms with Gasteiger partial charge in [0.15, 0.2) is 0 Å². The van der Waals surface area contributed by atoms with Crippen molar-refractivity contribution < 1.29 is 14.7 Å². The number of halogens is 1. The number of rotatable bonds is 2. The van der Waals surface area contributed by atoms with Crippen molar-refractivity contribution in [3.63, 3.8) is 0 Å². The molecule has 0 aromatic carbocycles. The number of carboxylic acid groups (broad SMARTS) is 1. The standard InChI is InChI=1S/C5H8INO3/c1-2-7(5(9)10)4(8)3-6/h2-3H2,1H3,(H,9,10)/p-1. The van der Waals surface area contributed by atoms with Crippen molar-refractivity contribution in [2.45, 2.75) is 6.92 Å². The van der Waals surface area contributed by atoms with E-state index < -0.39 is 12.0 Å². The highest BCUT2D eigenvalue weighted by Crippen LogP contribution is 1.92. The number of imide groups is 1. The van der Waals surface area contributed by atoms with E-state index in [1.165, 1.54) is 0 Å². The Morgan fingerprint density at radius 3 is 2.20 bits per heavy atom. The molecule has 2 amide bonds. The second-order valence-electron chi connectivity index (χ2n) is 1.54. The van der Waals surface area contributed by atoms with E-state index in [0.717, 1.165) is 0 Å². The Bertz CT molecular complexity index is 148. The van der Waals surface area contributed by atoms with E-state index in [-0.39, 0.29) is 11.0 Å². The highest BCUT2D eigenvalue weighted by atomic mass is 127. The Balaban J connectivity index is 4.06. The molecule has 0 fully saturated rings. The molecular formula is C5H7INO3-. The summed E-state index contributed by atoms with van der Waals surface area (Å²) in [6.45, 7) is 1.74. The van der Waals surface area contributed by atoms with Crippen LogP contribution in [0.2, 0.25) is 0 Å². The van der Waals surface area contributed by atoms with Gasteiger partial charge in [-0.15, -0.1) is 0 Å². The Morgan fingerprint density at radius 1 is 1.60 bits per heavy atom. The lowest BCUT2D eigenvalue weighted by molar-refractivity contribution is -0.263. The second-order valence-corrected chi connectivity index (χ2v) is 2.30. The summed E-state index contributed by atoms with van der Waals surface area (Å²) >= 11 is 1.80. The van der Waals surface area contributed by atoms with Gasteiger partial charge in [-0.25, -0.2) is 0 Å². The summed E-state index contributed by atoms with van der Waals surface area (Å²) in [7, 11) is 0. The molecule has 0 N–H and O–H groups in total. The van der Waals surface area contributed by atoms with Gasteiger partial charge in [0.2, 0.25) is 5.91 Å². The van der Waals surface area contributed by atoms with Gasteiger partial charge < -0.3 is 9.90 Å². The quantitative estimate of drug-likeness (QED) is 0.499. The van der Waals surface area contributed by atoms with Crippen molar-refractivity contribution in [2.75, 3.05) is 11.0 Å². The zero-order valence-electron chi connectivity index (χ0n) is 5.46. The van der Waals surface area contributed by atoms with Crippen LogP contribution in [-0.4, -0.2) is 27.9 Å². The molecule has 0 aromatic heterocycles. The molecule has 5 heteroatoms. The Labute approximate surface area is 72.3 Å². The summed E-state index contributed by atoms with van der Waals surface area (Å²) in [5, 5.41) is 10.1. The lowest BCUT2D eigenvalue weighted by Crippen LogP contribution is -2.45. The van der Waals surface area contributed by atoms with Crippen molar-refractivity contribution >= 4 is 34.6 Å². The van der Waals surface area contributed by atoms with Crippen LogP contribution in [-0.2, 0) is 4.79 Å². The molecule has 0 atom stereocenters. The van der Waals surface area contributed by atoms with Crippen LogP contribution >= 0.6 is 22.6 Å². The van der Waals surface area contributed by atoms with Gasteiger partial charge in [0, 0.05) is 6.54 Å². The summed E-state index contributed by atoms with van der Waals surface area (Å²) in [5.74, 6) is -0.428. The summed E-state index contributed by atoms with van der Waals surface area (Å²) in [4.78, 5) is 21.5. The van der Waals surface area contributed by atoms with Gasteiger partial charge in [-0.3, -0.25) is 9.69 Å². The molecule has 0 aliphatic heterocycles. The third kappa shape index (κ3) is 2.51. The van der Waals surface area contributed by atoms with Gasteiger partial charge >= 0.3 is 0 Å². The van der Waals surface area contributed by atoms with Gasteiger partial charge in [-0.2, -0.15) is 0 Å². The van der Waals surface area contributed by atoms with Crippen molar-refractivity contribution in [1.82, 2.24) is 4.90 Å². The maximum absolute atomic E-state index is 10.7. The topological polar surface area (TPSA) is 60.4 Å². The fourth-order valence-corrected chi connectivity index (χ4v) is 0.891. The summed E-state index contributed by atoms with van der Waals surface area (Å²) in [5.41, 5.74) is 0. The van der Waals surface area contributed by atoms with Crippen molar-refractivity contribution in [3.8, 4) is 0 Å². The van der Waals surface area contributed by atoms with Crippen LogP contribution in [0.5, 0.6) is 0 Å². The average Bonchev–Trinajstić information content (AvgIpc) is 1.88. The first-order valence-corrected chi connectivity index (χ1v) is 4.23. The molecule has 0 aliphatic carbocycles. The first-order valence-electron chi connectivity index (χ1n) is 2.70. The van der Waals surface area contributed by atoms with Crippen LogP contribution in [0, 0.1) is 0 Å². The van der Waals surface area contributed by atoms with Gasteiger partial charge in [-0.05, 0) is 6.92 Å². The predicted octanol–water partition coefficient (Wildman–Crippen LogP) is -0.387. The van der Waals surface area contributed by atoms with E-state index in [4.69, 9.17) is 0 Å². The minimum absolute atomic E-state index is 0.157. The molecule has 0 saturated carbocycles. The Hall–Kier alpha value is -0.330. The largest absolute Gasteiger partial charge is 0.530 e. The molecule has 0 heterocycles. The van der Waals surface area contributed by atoms with E-state index in [9.17, 15) is 14.7 Å². The highest BCUT2D eigenvalue weighted by Gasteiger charge is 2.09. The van der Waals surface area contributed by atoms with Gasteiger partial charge in [0.1, 0.15) is 6.09 Å². The van der Waals surface area contributed by atoms with Gasteiger partial charge in [0.05, 0.1) is 4.43 Å². The lowest BCUT2D eigenvalue weighted by atomic mass is 10.5. The normalized spacial score (nSPS) is 9.00. The molecule has 4 nitrogen and oxygen atoms in total. The minimum atomic E-state index is -1.43. The van der Waals surface area contributed by atoms with Crippen LogP contribution < -0.4 is 5.11 Å². The fourth-order valence-electron chi connectivity index (χ4n) is 0.479. The van der Waals surface area contributed by atoms with Crippen molar-refractivity contribution in [3.05, 3.63) is 0 Å². The monoisotopic (exact) mass is 256 g/mol. The fraction of sp³-hybridized carbons (Fsp3) is 0.600. The van der Waals surface area contributed by atoms with E-state index >= 15 is 0 Å². The molecule has 0 unspecified atom stereocenters. The highest BCUT2D eigenvalue weighted by molar-refractivity contribution is 14.1. The smallest absolute Gasteiger partial charge is 0.237 e. The molecule has 58 valence electrons. The summed E-state index contributed by atoms with van der Waals surface area (Å²) < 4.78 is 0.166. The van der Waals surface area contributed by atoms with Gasteiger partial charge in [0.25, 0.3) is 0 Å². The zero-order chi connectivity index (χ0) is 8.15. The van der Waals surface area contributed by atoms with Crippen LogP contribution in [0.3, 0.4) is 0 Å². The van der Waals surface area contributed by atoms with Crippen LogP contribution in [0.4, 0.5) is 4.79 Å². The number of amides is 2.